The van der Waals surface area contributed by atoms with Crippen LogP contribution in [0.4, 0.5) is 4.39 Å². The Labute approximate surface area is 132 Å². The highest BCUT2D eigenvalue weighted by atomic mass is 127. The molecule has 5 heteroatoms. The van der Waals surface area contributed by atoms with Crippen LogP contribution in [0.15, 0.2) is 40.9 Å². The Morgan fingerprint density at radius 1 is 1.26 bits per heavy atom. The van der Waals surface area contributed by atoms with Crippen molar-refractivity contribution in [2.45, 2.75) is 0 Å². The van der Waals surface area contributed by atoms with Crippen molar-refractivity contribution in [1.82, 2.24) is 0 Å². The van der Waals surface area contributed by atoms with Gasteiger partial charge in [-0.1, -0.05) is 22.0 Å². The molecule has 19 heavy (non-hydrogen) atoms. The molecule has 2 nitrogen and oxygen atoms in total. The molecule has 0 amide bonds. The van der Waals surface area contributed by atoms with Crippen LogP contribution >= 0.6 is 38.5 Å². The van der Waals surface area contributed by atoms with Gasteiger partial charge in [0.05, 0.1) is 12.7 Å². The predicted molar refractivity (Wildman–Crippen MR) is 83.2 cm³/mol. The summed E-state index contributed by atoms with van der Waals surface area (Å²) >= 11 is 5.42. The number of ketones is 1. The zero-order valence-electron chi connectivity index (χ0n) is 9.91. The van der Waals surface area contributed by atoms with Crippen LogP contribution in [-0.4, -0.2) is 12.9 Å². The fourth-order valence-electron chi connectivity index (χ4n) is 1.66. The van der Waals surface area contributed by atoms with Gasteiger partial charge in [0, 0.05) is 13.6 Å². The molecule has 0 aliphatic rings. The Kier molecular flexibility index (Phi) is 4.57. The minimum atomic E-state index is -0.638. The Balaban J connectivity index is 2.53. The Morgan fingerprint density at radius 2 is 2.00 bits per heavy atom. The van der Waals surface area contributed by atoms with Crippen LogP contribution in [0.1, 0.15) is 15.9 Å². The largest absolute Gasteiger partial charge is 0.494 e. The molecule has 0 aliphatic heterocycles. The summed E-state index contributed by atoms with van der Waals surface area (Å²) in [4.78, 5) is 12.4. The van der Waals surface area contributed by atoms with E-state index in [1.54, 1.807) is 18.2 Å². The molecule has 0 spiro atoms. The summed E-state index contributed by atoms with van der Waals surface area (Å²) < 4.78 is 20.5. The number of carbonyl (C=O) groups is 1. The minimum absolute atomic E-state index is 0.00190. The van der Waals surface area contributed by atoms with Crippen LogP contribution in [0.5, 0.6) is 5.75 Å². The number of halogens is 3. The van der Waals surface area contributed by atoms with E-state index in [1.165, 1.54) is 19.2 Å². The molecule has 0 unspecified atom stereocenters. The molecule has 98 valence electrons. The van der Waals surface area contributed by atoms with Crippen molar-refractivity contribution in [3.8, 4) is 5.75 Å². The van der Waals surface area contributed by atoms with E-state index in [0.29, 0.717) is 10.0 Å². The van der Waals surface area contributed by atoms with Crippen molar-refractivity contribution in [2.24, 2.45) is 0 Å². The van der Waals surface area contributed by atoms with Gasteiger partial charge in [0.15, 0.2) is 17.3 Å². The van der Waals surface area contributed by atoms with E-state index in [-0.39, 0.29) is 17.1 Å². The van der Waals surface area contributed by atoms with Gasteiger partial charge < -0.3 is 4.74 Å². The standard InChI is InChI=1S/C14H9BrFIO2/c1-19-12-4-2-3-9(13(12)16)14(18)10-7-8(17)5-6-11(10)15/h2-7H,1H3. The van der Waals surface area contributed by atoms with E-state index in [9.17, 15) is 9.18 Å². The first kappa shape index (κ1) is 14.5. The minimum Gasteiger partial charge on any atom is -0.494 e. The van der Waals surface area contributed by atoms with Gasteiger partial charge >= 0.3 is 0 Å². The molecular weight excluding hydrogens is 426 g/mol. The second-order valence-corrected chi connectivity index (χ2v) is 5.88. The molecule has 0 bridgehead atoms. The van der Waals surface area contributed by atoms with E-state index in [0.717, 1.165) is 3.57 Å². The molecule has 2 aromatic carbocycles. The highest BCUT2D eigenvalue weighted by Crippen LogP contribution is 2.26. The quantitative estimate of drug-likeness (QED) is 0.527. The third-order valence-corrected chi connectivity index (χ3v) is 3.96. The summed E-state index contributed by atoms with van der Waals surface area (Å²) in [5.74, 6) is -0.949. The zero-order chi connectivity index (χ0) is 14.0. The zero-order valence-corrected chi connectivity index (χ0v) is 13.7. The van der Waals surface area contributed by atoms with E-state index in [1.807, 2.05) is 6.07 Å². The van der Waals surface area contributed by atoms with Gasteiger partial charge in [0.1, 0.15) is 0 Å². The first-order valence-corrected chi connectivity index (χ1v) is 7.24. The van der Waals surface area contributed by atoms with Crippen molar-refractivity contribution in [3.63, 3.8) is 0 Å². The lowest BCUT2D eigenvalue weighted by Crippen LogP contribution is -2.06. The number of ether oxygens (including phenoxy) is 1. The molecule has 0 saturated heterocycles. The van der Waals surface area contributed by atoms with E-state index < -0.39 is 5.82 Å². The van der Waals surface area contributed by atoms with Gasteiger partial charge in [-0.05, 0) is 52.9 Å². The molecular formula is C14H9BrFIO2. The number of carbonyl (C=O) groups excluding carboxylic acids is 1. The third kappa shape index (κ3) is 2.97. The maximum atomic E-state index is 14.1. The summed E-state index contributed by atoms with van der Waals surface area (Å²) in [5.41, 5.74) is 0.432. The van der Waals surface area contributed by atoms with Crippen molar-refractivity contribution in [3.05, 3.63) is 61.4 Å². The van der Waals surface area contributed by atoms with E-state index in [2.05, 4.69) is 38.5 Å². The van der Waals surface area contributed by atoms with Crippen LogP contribution < -0.4 is 4.74 Å². The lowest BCUT2D eigenvalue weighted by Gasteiger charge is -2.08. The molecule has 0 fully saturated rings. The van der Waals surface area contributed by atoms with Gasteiger partial charge in [-0.15, -0.1) is 0 Å². The predicted octanol–water partition coefficient (Wildman–Crippen LogP) is 4.43. The summed E-state index contributed by atoms with van der Waals surface area (Å²) in [5, 5.41) is 0. The highest BCUT2D eigenvalue weighted by molar-refractivity contribution is 14.1. The first-order chi connectivity index (χ1) is 9.04. The molecule has 0 radical (unpaired) electrons. The van der Waals surface area contributed by atoms with Crippen molar-refractivity contribution in [1.29, 1.82) is 0 Å². The topological polar surface area (TPSA) is 26.3 Å². The average Bonchev–Trinajstić information content (AvgIpc) is 2.41. The summed E-state index contributed by atoms with van der Waals surface area (Å²) in [6, 6.07) is 9.88. The molecule has 0 aliphatic carbocycles. The molecule has 0 N–H and O–H groups in total. The Morgan fingerprint density at radius 3 is 2.68 bits per heavy atom. The number of methoxy groups -OCH3 is 1. The van der Waals surface area contributed by atoms with Crippen molar-refractivity contribution in [2.75, 3.05) is 7.11 Å². The fourth-order valence-corrected chi connectivity index (χ4v) is 2.58. The molecule has 2 rings (SSSR count). The molecule has 0 aromatic heterocycles. The van der Waals surface area contributed by atoms with E-state index in [4.69, 9.17) is 4.74 Å². The third-order valence-electron chi connectivity index (χ3n) is 2.60. The first-order valence-electron chi connectivity index (χ1n) is 5.37. The lowest BCUT2D eigenvalue weighted by molar-refractivity contribution is 0.103. The van der Waals surface area contributed by atoms with Crippen LogP contribution in [0, 0.1) is 9.39 Å². The summed E-state index contributed by atoms with van der Waals surface area (Å²) in [6.07, 6.45) is 0. The molecule has 0 heterocycles. The maximum Gasteiger partial charge on any atom is 0.197 e. The van der Waals surface area contributed by atoms with Gasteiger partial charge in [-0.25, -0.2) is 4.39 Å². The molecule has 2 aromatic rings. The lowest BCUT2D eigenvalue weighted by atomic mass is 10.0. The number of rotatable bonds is 3. The molecule has 0 saturated carbocycles. The average molecular weight is 435 g/mol. The van der Waals surface area contributed by atoms with Crippen LogP contribution in [0.3, 0.4) is 0 Å². The maximum absolute atomic E-state index is 14.1. The Hall–Kier alpha value is -0.950. The smallest absolute Gasteiger partial charge is 0.197 e. The van der Waals surface area contributed by atoms with E-state index >= 15 is 0 Å². The number of benzene rings is 2. The summed E-state index contributed by atoms with van der Waals surface area (Å²) in [7, 11) is 1.37. The van der Waals surface area contributed by atoms with Crippen molar-refractivity contribution >= 4 is 44.3 Å². The second kappa shape index (κ2) is 6.00. The summed E-state index contributed by atoms with van der Waals surface area (Å²) in [6.45, 7) is 0. The van der Waals surface area contributed by atoms with Gasteiger partial charge in [-0.2, -0.15) is 0 Å². The van der Waals surface area contributed by atoms with Crippen LogP contribution in [0.2, 0.25) is 0 Å². The highest BCUT2D eigenvalue weighted by Gasteiger charge is 2.19. The van der Waals surface area contributed by atoms with Gasteiger partial charge in [0.2, 0.25) is 0 Å². The monoisotopic (exact) mass is 434 g/mol. The van der Waals surface area contributed by atoms with Gasteiger partial charge in [0.25, 0.3) is 0 Å². The molecule has 0 atom stereocenters. The SMILES string of the molecule is COc1cccc(C(=O)c2cc(I)ccc2Br)c1F. The van der Waals surface area contributed by atoms with Crippen molar-refractivity contribution < 1.29 is 13.9 Å². The van der Waals surface area contributed by atoms with Crippen LogP contribution in [0.25, 0.3) is 0 Å². The Bertz CT molecular complexity index is 643. The fraction of sp³-hybridized carbons (Fsp3) is 0.0714. The number of hydrogen-bond donors (Lipinski definition) is 0. The van der Waals surface area contributed by atoms with Gasteiger partial charge in [-0.3, -0.25) is 4.79 Å². The van der Waals surface area contributed by atoms with Crippen LogP contribution in [-0.2, 0) is 0 Å². The number of hydrogen-bond acceptors (Lipinski definition) is 2. The normalized spacial score (nSPS) is 10.3. The second-order valence-electron chi connectivity index (χ2n) is 3.78.